The van der Waals surface area contributed by atoms with E-state index in [2.05, 4.69) is 14.4 Å². The molecule has 0 aliphatic carbocycles. The number of halogens is 2. The lowest BCUT2D eigenvalue weighted by atomic mass is 10.2. The molecule has 0 unspecified atom stereocenters. The average molecular weight is 395 g/mol. The number of aromatic nitrogens is 1. The predicted molar refractivity (Wildman–Crippen MR) is 95.3 cm³/mol. The van der Waals surface area contributed by atoms with Crippen molar-refractivity contribution in [3.05, 3.63) is 65.1 Å². The summed E-state index contributed by atoms with van der Waals surface area (Å²) >= 11 is 5.93. The van der Waals surface area contributed by atoms with Gasteiger partial charge in [0, 0.05) is 17.3 Å². The van der Waals surface area contributed by atoms with Crippen LogP contribution in [-0.4, -0.2) is 26.5 Å². The fraction of sp³-hybridized carbons (Fsp3) is 0.0588. The summed E-state index contributed by atoms with van der Waals surface area (Å²) in [6.45, 7) is 0. The Hall–Kier alpha value is -2.71. The summed E-state index contributed by atoms with van der Waals surface area (Å²) in [6, 6.07) is 9.19. The summed E-state index contributed by atoms with van der Waals surface area (Å²) in [5, 5.41) is 0.262. The van der Waals surface area contributed by atoms with Gasteiger partial charge in [-0.1, -0.05) is 11.6 Å². The van der Waals surface area contributed by atoms with Gasteiger partial charge in [0.25, 0.3) is 10.0 Å². The Labute approximate surface area is 153 Å². The molecule has 1 heterocycles. The number of sulfonamides is 1. The van der Waals surface area contributed by atoms with Crippen molar-refractivity contribution in [3.8, 4) is 0 Å². The normalized spacial score (nSPS) is 11.3. The Morgan fingerprint density at radius 1 is 1.23 bits per heavy atom. The largest absolute Gasteiger partial charge is 0.465 e. The maximum atomic E-state index is 13.9. The predicted octanol–water partition coefficient (Wildman–Crippen LogP) is 3.61. The van der Waals surface area contributed by atoms with Gasteiger partial charge in [-0.25, -0.2) is 17.6 Å². The molecule has 0 fully saturated rings. The van der Waals surface area contributed by atoms with Gasteiger partial charge >= 0.3 is 5.97 Å². The number of hydrogen-bond donors (Lipinski definition) is 1. The molecule has 6 nitrogen and oxygen atoms in total. The first-order valence-corrected chi connectivity index (χ1v) is 9.13. The molecule has 0 spiro atoms. The van der Waals surface area contributed by atoms with Crippen LogP contribution in [0.1, 0.15) is 10.4 Å². The Bertz CT molecular complexity index is 1120. The van der Waals surface area contributed by atoms with Crippen LogP contribution in [0.4, 0.5) is 10.1 Å². The zero-order valence-electron chi connectivity index (χ0n) is 13.4. The van der Waals surface area contributed by atoms with Crippen molar-refractivity contribution in [2.75, 3.05) is 11.8 Å². The molecule has 1 N–H and O–H groups in total. The zero-order chi connectivity index (χ0) is 18.9. The number of pyridine rings is 1. The molecule has 134 valence electrons. The maximum absolute atomic E-state index is 13.9. The van der Waals surface area contributed by atoms with Gasteiger partial charge in [0.05, 0.1) is 22.6 Å². The molecule has 0 aliphatic rings. The molecular formula is C17H12ClFN2O4S. The maximum Gasteiger partial charge on any atom is 0.339 e. The first-order chi connectivity index (χ1) is 12.3. The van der Waals surface area contributed by atoms with Crippen LogP contribution in [0, 0.1) is 5.82 Å². The van der Waals surface area contributed by atoms with Crippen LogP contribution in [0.2, 0.25) is 5.02 Å². The van der Waals surface area contributed by atoms with E-state index < -0.39 is 21.8 Å². The van der Waals surface area contributed by atoms with Crippen molar-refractivity contribution < 1.29 is 22.3 Å². The Morgan fingerprint density at radius 2 is 2.00 bits per heavy atom. The smallest absolute Gasteiger partial charge is 0.339 e. The second-order valence-corrected chi connectivity index (χ2v) is 7.29. The van der Waals surface area contributed by atoms with E-state index in [0.717, 1.165) is 12.1 Å². The van der Waals surface area contributed by atoms with Crippen molar-refractivity contribution in [2.24, 2.45) is 0 Å². The number of benzene rings is 2. The molecule has 0 saturated carbocycles. The number of hydrogen-bond acceptors (Lipinski definition) is 5. The molecule has 3 aromatic rings. The average Bonchev–Trinajstić information content (AvgIpc) is 2.62. The van der Waals surface area contributed by atoms with E-state index in [0.29, 0.717) is 0 Å². The highest BCUT2D eigenvalue weighted by molar-refractivity contribution is 7.93. The number of anilines is 1. The summed E-state index contributed by atoms with van der Waals surface area (Å²) in [7, 11) is -2.88. The van der Waals surface area contributed by atoms with Crippen LogP contribution >= 0.6 is 11.6 Å². The molecular weight excluding hydrogens is 383 g/mol. The topological polar surface area (TPSA) is 85.4 Å². The minimum Gasteiger partial charge on any atom is -0.465 e. The van der Waals surface area contributed by atoms with E-state index in [1.165, 1.54) is 43.6 Å². The monoisotopic (exact) mass is 394 g/mol. The van der Waals surface area contributed by atoms with Crippen molar-refractivity contribution in [2.45, 2.75) is 4.90 Å². The van der Waals surface area contributed by atoms with Crippen molar-refractivity contribution in [1.29, 1.82) is 0 Å². The first-order valence-electron chi connectivity index (χ1n) is 7.27. The number of carbonyl (C=O) groups excluding carboxylic acids is 1. The van der Waals surface area contributed by atoms with Crippen molar-refractivity contribution >= 4 is 44.2 Å². The van der Waals surface area contributed by atoms with Crippen LogP contribution in [-0.2, 0) is 14.8 Å². The fourth-order valence-corrected chi connectivity index (χ4v) is 3.85. The molecule has 3 rings (SSSR count). The van der Waals surface area contributed by atoms with Gasteiger partial charge < -0.3 is 4.74 Å². The van der Waals surface area contributed by atoms with Gasteiger partial charge in [-0.05, 0) is 42.5 Å². The quantitative estimate of drug-likeness (QED) is 0.683. The number of fused-ring (bicyclic) bond motifs is 1. The van der Waals surface area contributed by atoms with Gasteiger partial charge in [-0.3, -0.25) is 9.71 Å². The lowest BCUT2D eigenvalue weighted by Crippen LogP contribution is -2.14. The summed E-state index contributed by atoms with van der Waals surface area (Å²) in [4.78, 5) is 15.4. The Balaban J connectivity index is 2.06. The Kier molecular flexibility index (Phi) is 4.80. The second-order valence-electron chi connectivity index (χ2n) is 5.24. The standard InChI is InChI=1S/C17H12ClFN2O4S/c1-25-17(22)12-9-10(4-5-13(12)18)21-26(23,24)15-7-6-14(19)16-11(15)3-2-8-20-16/h2-9,21H,1H3. The number of nitrogens with zero attached hydrogens (tertiary/aromatic N) is 1. The summed E-state index contributed by atoms with van der Waals surface area (Å²) in [5.41, 5.74) is 0.0675. The number of rotatable bonds is 4. The van der Waals surface area contributed by atoms with Gasteiger partial charge in [-0.15, -0.1) is 0 Å². The lowest BCUT2D eigenvalue weighted by Gasteiger charge is -2.12. The third-order valence-electron chi connectivity index (χ3n) is 3.59. The molecule has 26 heavy (non-hydrogen) atoms. The highest BCUT2D eigenvalue weighted by Gasteiger charge is 2.21. The molecule has 0 amide bonds. The highest BCUT2D eigenvalue weighted by Crippen LogP contribution is 2.27. The number of ether oxygens (including phenoxy) is 1. The van der Waals surface area contributed by atoms with Crippen molar-refractivity contribution in [3.63, 3.8) is 0 Å². The van der Waals surface area contributed by atoms with E-state index in [9.17, 15) is 17.6 Å². The fourth-order valence-electron chi connectivity index (χ4n) is 2.41. The van der Waals surface area contributed by atoms with Gasteiger partial charge in [0.2, 0.25) is 0 Å². The third kappa shape index (κ3) is 3.33. The number of nitrogens with one attached hydrogen (secondary N) is 1. The number of methoxy groups -OCH3 is 1. The first kappa shape index (κ1) is 18.1. The summed E-state index contributed by atoms with van der Waals surface area (Å²) < 4.78 is 46.3. The van der Waals surface area contributed by atoms with Crippen LogP contribution in [0.15, 0.2) is 53.6 Å². The van der Waals surface area contributed by atoms with E-state index in [1.54, 1.807) is 0 Å². The van der Waals surface area contributed by atoms with Crippen molar-refractivity contribution in [1.82, 2.24) is 4.98 Å². The minimum absolute atomic E-state index is 0.0139. The molecule has 0 radical (unpaired) electrons. The molecule has 0 atom stereocenters. The molecule has 0 aliphatic heterocycles. The third-order valence-corrected chi connectivity index (χ3v) is 5.36. The molecule has 0 saturated heterocycles. The SMILES string of the molecule is COC(=O)c1cc(NS(=O)(=O)c2ccc(F)c3ncccc23)ccc1Cl. The number of esters is 1. The van der Waals surface area contributed by atoms with Crippen LogP contribution in [0.25, 0.3) is 10.9 Å². The van der Waals surface area contributed by atoms with Crippen LogP contribution in [0.3, 0.4) is 0 Å². The molecule has 9 heteroatoms. The minimum atomic E-state index is -4.07. The second kappa shape index (κ2) is 6.89. The van der Waals surface area contributed by atoms with Gasteiger partial charge in [0.15, 0.2) is 0 Å². The molecule has 1 aromatic heterocycles. The number of carbonyl (C=O) groups is 1. The van der Waals surface area contributed by atoms with E-state index in [4.69, 9.17) is 11.6 Å². The van der Waals surface area contributed by atoms with Crippen LogP contribution < -0.4 is 4.72 Å². The highest BCUT2D eigenvalue weighted by atomic mass is 35.5. The van der Waals surface area contributed by atoms with E-state index in [1.807, 2.05) is 0 Å². The van der Waals surface area contributed by atoms with Gasteiger partial charge in [-0.2, -0.15) is 0 Å². The van der Waals surface area contributed by atoms with Crippen LogP contribution in [0.5, 0.6) is 0 Å². The Morgan fingerprint density at radius 3 is 2.73 bits per heavy atom. The summed E-state index contributed by atoms with van der Waals surface area (Å²) in [6.07, 6.45) is 1.37. The van der Waals surface area contributed by atoms with E-state index in [-0.39, 0.29) is 32.1 Å². The lowest BCUT2D eigenvalue weighted by molar-refractivity contribution is 0.0601. The zero-order valence-corrected chi connectivity index (χ0v) is 14.9. The van der Waals surface area contributed by atoms with Gasteiger partial charge in [0.1, 0.15) is 11.3 Å². The van der Waals surface area contributed by atoms with E-state index >= 15 is 0 Å². The molecule has 2 aromatic carbocycles. The summed E-state index contributed by atoms with van der Waals surface area (Å²) in [5.74, 6) is -1.33. The molecule has 0 bridgehead atoms.